The Morgan fingerprint density at radius 2 is 2.09 bits per heavy atom. The number of halogens is 1. The monoisotopic (exact) mass is 302 g/mol. The number of carbonyl (C=O) groups excluding carboxylic acids is 1. The Kier molecular flexibility index (Phi) is 3.66. The van der Waals surface area contributed by atoms with Gasteiger partial charge in [-0.05, 0) is 49.1 Å². The van der Waals surface area contributed by atoms with Gasteiger partial charge in [0.1, 0.15) is 17.1 Å². The van der Waals surface area contributed by atoms with Crippen LogP contribution in [0.2, 0.25) is 0 Å². The number of ether oxygens (including phenoxy) is 1. The number of nitrogens with two attached hydrogens (primary N) is 1. The van der Waals surface area contributed by atoms with Crippen LogP contribution >= 0.6 is 0 Å². The molecular formula is C16H15FN2O3. The van der Waals surface area contributed by atoms with Crippen molar-refractivity contribution >= 4 is 5.91 Å². The van der Waals surface area contributed by atoms with Crippen molar-refractivity contribution in [2.75, 3.05) is 6.61 Å². The molecule has 3 rings (SSSR count). The molecule has 114 valence electrons. The van der Waals surface area contributed by atoms with Crippen molar-refractivity contribution in [1.82, 2.24) is 4.98 Å². The summed E-state index contributed by atoms with van der Waals surface area (Å²) in [7, 11) is 0. The molecule has 1 heterocycles. The fourth-order valence-electron chi connectivity index (χ4n) is 2.16. The molecular weight excluding hydrogens is 287 g/mol. The summed E-state index contributed by atoms with van der Waals surface area (Å²) in [6, 6.07) is 6.97. The first-order chi connectivity index (χ1) is 10.5. The highest BCUT2D eigenvalue weighted by molar-refractivity contribution is 5.92. The fourth-order valence-corrected chi connectivity index (χ4v) is 2.16. The molecule has 1 aliphatic carbocycles. The van der Waals surface area contributed by atoms with E-state index in [4.69, 9.17) is 10.5 Å². The van der Waals surface area contributed by atoms with Crippen LogP contribution in [-0.4, -0.2) is 17.5 Å². The maximum atomic E-state index is 13.5. The maximum absolute atomic E-state index is 13.5. The molecule has 1 aromatic heterocycles. The van der Waals surface area contributed by atoms with Gasteiger partial charge < -0.3 is 15.5 Å². The minimum absolute atomic E-state index is 0.138. The Bertz CT molecular complexity index is 781. The van der Waals surface area contributed by atoms with Gasteiger partial charge in [-0.3, -0.25) is 9.59 Å². The van der Waals surface area contributed by atoms with Gasteiger partial charge in [-0.2, -0.15) is 0 Å². The number of carbonyl (C=O) groups is 1. The molecule has 0 saturated heterocycles. The van der Waals surface area contributed by atoms with Gasteiger partial charge in [-0.15, -0.1) is 0 Å². The van der Waals surface area contributed by atoms with Crippen molar-refractivity contribution in [1.29, 1.82) is 0 Å². The van der Waals surface area contributed by atoms with Crippen molar-refractivity contribution < 1.29 is 13.9 Å². The molecule has 0 aliphatic heterocycles. The Balaban J connectivity index is 1.98. The van der Waals surface area contributed by atoms with Crippen LogP contribution in [0.15, 0.2) is 35.1 Å². The zero-order chi connectivity index (χ0) is 15.7. The van der Waals surface area contributed by atoms with Crippen molar-refractivity contribution in [2.24, 2.45) is 11.7 Å². The number of aromatic nitrogens is 1. The van der Waals surface area contributed by atoms with Crippen molar-refractivity contribution in [2.45, 2.75) is 12.8 Å². The number of benzene rings is 1. The van der Waals surface area contributed by atoms with Crippen LogP contribution in [0.5, 0.6) is 5.75 Å². The van der Waals surface area contributed by atoms with E-state index in [9.17, 15) is 14.0 Å². The average Bonchev–Trinajstić information content (AvgIpc) is 3.29. The van der Waals surface area contributed by atoms with Gasteiger partial charge >= 0.3 is 0 Å². The minimum Gasteiger partial charge on any atom is -0.493 e. The van der Waals surface area contributed by atoms with E-state index in [2.05, 4.69) is 4.98 Å². The van der Waals surface area contributed by atoms with Crippen LogP contribution in [0.3, 0.4) is 0 Å². The molecule has 2 aromatic rings. The molecule has 1 saturated carbocycles. The Morgan fingerprint density at radius 3 is 2.73 bits per heavy atom. The lowest BCUT2D eigenvalue weighted by Gasteiger charge is -2.11. The lowest BCUT2D eigenvalue weighted by Crippen LogP contribution is -2.23. The van der Waals surface area contributed by atoms with E-state index in [0.29, 0.717) is 29.5 Å². The molecule has 0 radical (unpaired) electrons. The summed E-state index contributed by atoms with van der Waals surface area (Å²) in [5.41, 5.74) is 5.17. The Hall–Kier alpha value is -2.63. The predicted octanol–water partition coefficient (Wildman–Crippen LogP) is 2.07. The number of aromatic amines is 1. The largest absolute Gasteiger partial charge is 0.493 e. The number of pyridine rings is 1. The number of hydrogen-bond acceptors (Lipinski definition) is 3. The van der Waals surface area contributed by atoms with Crippen LogP contribution in [0.25, 0.3) is 11.3 Å². The fraction of sp³-hybridized carbons (Fsp3) is 0.250. The van der Waals surface area contributed by atoms with E-state index in [1.807, 2.05) is 0 Å². The molecule has 0 unspecified atom stereocenters. The standard InChI is InChI=1S/C16H15FN2O3/c17-10-3-6-14(22-8-9-1-2-9)12(7-10)13-5-4-11(15(18)20)16(21)19-13/h3-7,9H,1-2,8H2,(H2,18,20)(H,19,21). The highest BCUT2D eigenvalue weighted by atomic mass is 19.1. The summed E-state index contributed by atoms with van der Waals surface area (Å²) in [6.45, 7) is 0.572. The Morgan fingerprint density at radius 1 is 1.32 bits per heavy atom. The van der Waals surface area contributed by atoms with E-state index >= 15 is 0 Å². The first kappa shape index (κ1) is 14.3. The number of hydrogen-bond donors (Lipinski definition) is 2. The van der Waals surface area contributed by atoms with E-state index in [1.165, 1.54) is 30.3 Å². The van der Waals surface area contributed by atoms with Gasteiger partial charge in [-0.1, -0.05) is 0 Å². The number of amides is 1. The number of primary amides is 1. The molecule has 1 aromatic carbocycles. The third kappa shape index (κ3) is 3.00. The van der Waals surface area contributed by atoms with Gasteiger partial charge in [0.05, 0.1) is 12.3 Å². The molecule has 0 spiro atoms. The van der Waals surface area contributed by atoms with Crippen LogP contribution in [0.1, 0.15) is 23.2 Å². The number of rotatable bonds is 5. The van der Waals surface area contributed by atoms with Crippen LogP contribution < -0.4 is 16.0 Å². The van der Waals surface area contributed by atoms with Crippen molar-refractivity contribution in [3.63, 3.8) is 0 Å². The van der Waals surface area contributed by atoms with Gasteiger partial charge in [-0.25, -0.2) is 4.39 Å². The van der Waals surface area contributed by atoms with Gasteiger partial charge in [0, 0.05) is 5.56 Å². The topological polar surface area (TPSA) is 85.2 Å². The molecule has 0 atom stereocenters. The summed E-state index contributed by atoms with van der Waals surface area (Å²) in [6.07, 6.45) is 2.28. The average molecular weight is 302 g/mol. The van der Waals surface area contributed by atoms with Crippen LogP contribution in [0.4, 0.5) is 4.39 Å². The predicted molar refractivity (Wildman–Crippen MR) is 79.2 cm³/mol. The van der Waals surface area contributed by atoms with Gasteiger partial charge in [0.2, 0.25) is 0 Å². The zero-order valence-electron chi connectivity index (χ0n) is 11.8. The summed E-state index contributed by atoms with van der Waals surface area (Å²) in [5, 5.41) is 0. The SMILES string of the molecule is NC(=O)c1ccc(-c2cc(F)ccc2OCC2CC2)[nH]c1=O. The molecule has 5 nitrogen and oxygen atoms in total. The minimum atomic E-state index is -0.808. The third-order valence-corrected chi connectivity index (χ3v) is 3.58. The number of nitrogens with one attached hydrogen (secondary N) is 1. The lowest BCUT2D eigenvalue weighted by atomic mass is 10.1. The van der Waals surface area contributed by atoms with E-state index in [1.54, 1.807) is 0 Å². The highest BCUT2D eigenvalue weighted by Gasteiger charge is 2.22. The summed E-state index contributed by atoms with van der Waals surface area (Å²) < 4.78 is 19.2. The third-order valence-electron chi connectivity index (χ3n) is 3.58. The second-order valence-electron chi connectivity index (χ2n) is 5.37. The second-order valence-corrected chi connectivity index (χ2v) is 5.37. The molecule has 3 N–H and O–H groups in total. The van der Waals surface area contributed by atoms with Crippen LogP contribution in [-0.2, 0) is 0 Å². The smallest absolute Gasteiger partial charge is 0.261 e. The van der Waals surface area contributed by atoms with E-state index < -0.39 is 17.3 Å². The maximum Gasteiger partial charge on any atom is 0.261 e. The van der Waals surface area contributed by atoms with Gasteiger partial charge in [0.25, 0.3) is 11.5 Å². The van der Waals surface area contributed by atoms with E-state index in [0.717, 1.165) is 12.8 Å². The van der Waals surface area contributed by atoms with Crippen LogP contribution in [0, 0.1) is 11.7 Å². The molecule has 0 bridgehead atoms. The molecule has 1 amide bonds. The molecule has 1 aliphatic rings. The number of H-pyrrole nitrogens is 1. The Labute approximate surface area is 125 Å². The zero-order valence-corrected chi connectivity index (χ0v) is 11.8. The summed E-state index contributed by atoms with van der Waals surface area (Å²) in [4.78, 5) is 25.5. The summed E-state index contributed by atoms with van der Waals surface area (Å²) in [5.74, 6) is -0.198. The van der Waals surface area contributed by atoms with Gasteiger partial charge in [0.15, 0.2) is 0 Å². The van der Waals surface area contributed by atoms with E-state index in [-0.39, 0.29) is 5.56 Å². The highest BCUT2D eigenvalue weighted by Crippen LogP contribution is 2.33. The molecule has 6 heteroatoms. The molecule has 22 heavy (non-hydrogen) atoms. The lowest BCUT2D eigenvalue weighted by molar-refractivity contribution is 0.0999. The summed E-state index contributed by atoms with van der Waals surface area (Å²) >= 11 is 0. The normalized spacial score (nSPS) is 13.9. The molecule has 1 fully saturated rings. The first-order valence-electron chi connectivity index (χ1n) is 7.00. The van der Waals surface area contributed by atoms with Crippen molar-refractivity contribution in [3.05, 3.63) is 52.1 Å². The first-order valence-corrected chi connectivity index (χ1v) is 7.00. The van der Waals surface area contributed by atoms with Crippen molar-refractivity contribution in [3.8, 4) is 17.0 Å². The quantitative estimate of drug-likeness (QED) is 0.886. The second kappa shape index (κ2) is 5.63.